The molecule has 0 bridgehead atoms. The Kier molecular flexibility index (Phi) is 4.57. The van der Waals surface area contributed by atoms with Crippen LogP contribution in [0.25, 0.3) is 11.1 Å². The maximum absolute atomic E-state index is 13.6. The Hall–Kier alpha value is -2.50. The van der Waals surface area contributed by atoms with E-state index in [-0.39, 0.29) is 11.8 Å². The van der Waals surface area contributed by atoms with Gasteiger partial charge in [0.25, 0.3) is 0 Å². The summed E-state index contributed by atoms with van der Waals surface area (Å²) in [5.74, 6) is -1.48. The van der Waals surface area contributed by atoms with E-state index in [2.05, 4.69) is 16.3 Å². The first-order chi connectivity index (χ1) is 12.6. The number of nitrogens with zero attached hydrogens (tertiary/aromatic N) is 2. The summed E-state index contributed by atoms with van der Waals surface area (Å²) in [6, 6.07) is 3.88. The fourth-order valence-corrected chi connectivity index (χ4v) is 3.97. The molecule has 1 aliphatic heterocycles. The molecule has 0 spiro atoms. The third kappa shape index (κ3) is 3.16. The van der Waals surface area contributed by atoms with Gasteiger partial charge in [0.2, 0.25) is 5.91 Å². The van der Waals surface area contributed by atoms with Gasteiger partial charge < -0.3 is 4.90 Å². The highest BCUT2D eigenvalue weighted by molar-refractivity contribution is 5.94. The Morgan fingerprint density at radius 1 is 1.23 bits per heavy atom. The summed E-state index contributed by atoms with van der Waals surface area (Å²) in [7, 11) is 0. The van der Waals surface area contributed by atoms with Gasteiger partial charge in [0.1, 0.15) is 0 Å². The first-order valence-electron chi connectivity index (χ1n) is 9.10. The minimum atomic E-state index is -0.872. The molecule has 136 valence electrons. The number of benzene rings is 1. The van der Waals surface area contributed by atoms with Crippen molar-refractivity contribution in [3.63, 3.8) is 0 Å². The summed E-state index contributed by atoms with van der Waals surface area (Å²) in [6.45, 7) is 1.39. The van der Waals surface area contributed by atoms with E-state index in [0.29, 0.717) is 12.1 Å². The fourth-order valence-electron chi connectivity index (χ4n) is 3.97. The monoisotopic (exact) mass is 357 g/mol. The van der Waals surface area contributed by atoms with Crippen LogP contribution in [0.3, 0.4) is 0 Å². The third-order valence-electron chi connectivity index (χ3n) is 5.33. The van der Waals surface area contributed by atoms with E-state index < -0.39 is 11.6 Å². The molecule has 1 N–H and O–H groups in total. The lowest BCUT2D eigenvalue weighted by Crippen LogP contribution is -2.39. The summed E-state index contributed by atoms with van der Waals surface area (Å²) in [4.78, 5) is 14.6. The van der Waals surface area contributed by atoms with E-state index in [0.717, 1.165) is 61.5 Å². The Balaban J connectivity index is 1.57. The van der Waals surface area contributed by atoms with E-state index in [1.807, 2.05) is 4.90 Å². The van der Waals surface area contributed by atoms with E-state index in [1.54, 1.807) is 12.3 Å². The van der Waals surface area contributed by atoms with Crippen LogP contribution in [0.2, 0.25) is 0 Å². The summed E-state index contributed by atoms with van der Waals surface area (Å²) >= 11 is 0. The Labute approximate surface area is 150 Å². The molecule has 4 nitrogen and oxygen atoms in total. The van der Waals surface area contributed by atoms with Crippen molar-refractivity contribution in [2.45, 2.75) is 38.0 Å². The van der Waals surface area contributed by atoms with Gasteiger partial charge in [0.15, 0.2) is 11.6 Å². The molecular formula is C20H21F2N3O. The van der Waals surface area contributed by atoms with Gasteiger partial charge in [-0.3, -0.25) is 9.89 Å². The zero-order valence-electron chi connectivity index (χ0n) is 14.5. The average Bonchev–Trinajstić information content (AvgIpc) is 3.35. The SMILES string of the molecule is O=C(C1=CCCC1)N1CCC[C@H](c2[nH]ncc2-c2ccc(F)c(F)c2)C1. The van der Waals surface area contributed by atoms with Gasteiger partial charge in [-0.1, -0.05) is 12.1 Å². The number of amides is 1. The van der Waals surface area contributed by atoms with Crippen LogP contribution < -0.4 is 0 Å². The van der Waals surface area contributed by atoms with Crippen molar-refractivity contribution in [2.75, 3.05) is 13.1 Å². The van der Waals surface area contributed by atoms with Crippen molar-refractivity contribution < 1.29 is 13.6 Å². The molecule has 1 atom stereocenters. The standard InChI is InChI=1S/C20H21F2N3O/c21-17-8-7-14(10-18(17)22)16-11-23-24-19(16)15-6-3-9-25(12-15)20(26)13-4-1-2-5-13/h4,7-8,10-11,15H,1-3,5-6,9,12H2,(H,23,24)/t15-/m0/s1. The Bertz CT molecular complexity index is 858. The van der Waals surface area contributed by atoms with Crippen molar-refractivity contribution in [1.29, 1.82) is 0 Å². The second-order valence-electron chi connectivity index (χ2n) is 7.04. The normalized spacial score (nSPS) is 20.3. The average molecular weight is 357 g/mol. The molecular weight excluding hydrogens is 336 g/mol. The quantitative estimate of drug-likeness (QED) is 0.896. The van der Waals surface area contributed by atoms with Gasteiger partial charge in [-0.2, -0.15) is 5.10 Å². The summed E-state index contributed by atoms with van der Waals surface area (Å²) < 4.78 is 26.9. The second-order valence-corrected chi connectivity index (χ2v) is 7.04. The molecule has 0 saturated carbocycles. The number of nitrogens with one attached hydrogen (secondary N) is 1. The number of likely N-dealkylation sites (tertiary alicyclic amines) is 1. The van der Waals surface area contributed by atoms with Gasteiger partial charge >= 0.3 is 0 Å². The minimum Gasteiger partial charge on any atom is -0.338 e. The van der Waals surface area contributed by atoms with Crippen LogP contribution in [0.15, 0.2) is 36.0 Å². The fraction of sp³-hybridized carbons (Fsp3) is 0.400. The number of carbonyl (C=O) groups is 1. The number of rotatable bonds is 3. The van der Waals surface area contributed by atoms with E-state index >= 15 is 0 Å². The number of aromatic amines is 1. The number of halogens is 2. The third-order valence-corrected chi connectivity index (χ3v) is 5.33. The van der Waals surface area contributed by atoms with Crippen LogP contribution in [0.4, 0.5) is 8.78 Å². The van der Waals surface area contributed by atoms with Crippen molar-refractivity contribution in [2.24, 2.45) is 0 Å². The predicted octanol–water partition coefficient (Wildman–Crippen LogP) is 4.17. The number of H-pyrrole nitrogens is 1. The van der Waals surface area contributed by atoms with Crippen LogP contribution in [0, 0.1) is 11.6 Å². The van der Waals surface area contributed by atoms with E-state index in [1.165, 1.54) is 6.07 Å². The Morgan fingerprint density at radius 3 is 2.88 bits per heavy atom. The smallest absolute Gasteiger partial charge is 0.249 e. The van der Waals surface area contributed by atoms with Crippen molar-refractivity contribution in [3.05, 3.63) is 53.4 Å². The maximum atomic E-state index is 13.6. The molecule has 26 heavy (non-hydrogen) atoms. The molecule has 1 saturated heterocycles. The second kappa shape index (κ2) is 7.02. The lowest BCUT2D eigenvalue weighted by atomic mass is 9.90. The highest BCUT2D eigenvalue weighted by atomic mass is 19.2. The van der Waals surface area contributed by atoms with Crippen LogP contribution in [-0.4, -0.2) is 34.1 Å². The van der Waals surface area contributed by atoms with E-state index in [4.69, 9.17) is 0 Å². The van der Waals surface area contributed by atoms with Crippen LogP contribution >= 0.6 is 0 Å². The number of carbonyl (C=O) groups excluding carboxylic acids is 1. The minimum absolute atomic E-state index is 0.111. The summed E-state index contributed by atoms with van der Waals surface area (Å²) in [5, 5.41) is 7.14. The van der Waals surface area contributed by atoms with Crippen molar-refractivity contribution >= 4 is 5.91 Å². The number of hydrogen-bond donors (Lipinski definition) is 1. The highest BCUT2D eigenvalue weighted by Crippen LogP contribution is 2.34. The number of allylic oxidation sites excluding steroid dienone is 1. The zero-order valence-corrected chi connectivity index (χ0v) is 14.5. The van der Waals surface area contributed by atoms with Gasteiger partial charge in [0, 0.05) is 35.8 Å². The molecule has 2 aliphatic rings. The van der Waals surface area contributed by atoms with Crippen LogP contribution in [0.5, 0.6) is 0 Å². The van der Waals surface area contributed by atoms with Gasteiger partial charge in [0.05, 0.1) is 6.20 Å². The molecule has 0 radical (unpaired) electrons. The molecule has 1 amide bonds. The molecule has 1 fully saturated rings. The first-order valence-corrected chi connectivity index (χ1v) is 9.10. The maximum Gasteiger partial charge on any atom is 0.249 e. The molecule has 0 unspecified atom stereocenters. The molecule has 1 aromatic carbocycles. The molecule has 6 heteroatoms. The van der Waals surface area contributed by atoms with Gasteiger partial charge in [-0.15, -0.1) is 0 Å². The number of piperidine rings is 1. The lowest BCUT2D eigenvalue weighted by Gasteiger charge is -2.33. The van der Waals surface area contributed by atoms with Crippen LogP contribution in [0.1, 0.15) is 43.7 Å². The largest absolute Gasteiger partial charge is 0.338 e. The number of aromatic nitrogens is 2. The molecule has 2 heterocycles. The molecule has 1 aromatic heterocycles. The topological polar surface area (TPSA) is 49.0 Å². The van der Waals surface area contributed by atoms with Crippen molar-refractivity contribution in [1.82, 2.24) is 15.1 Å². The molecule has 2 aromatic rings. The van der Waals surface area contributed by atoms with E-state index in [9.17, 15) is 13.6 Å². The summed E-state index contributed by atoms with van der Waals surface area (Å²) in [6.07, 6.45) is 8.45. The van der Waals surface area contributed by atoms with Gasteiger partial charge in [-0.25, -0.2) is 8.78 Å². The molecule has 1 aliphatic carbocycles. The predicted molar refractivity (Wildman–Crippen MR) is 94.4 cm³/mol. The Morgan fingerprint density at radius 2 is 2.12 bits per heavy atom. The first kappa shape index (κ1) is 16.9. The molecule has 4 rings (SSSR count). The summed E-state index contributed by atoms with van der Waals surface area (Å²) in [5.41, 5.74) is 3.17. The highest BCUT2D eigenvalue weighted by Gasteiger charge is 2.29. The number of hydrogen-bond acceptors (Lipinski definition) is 2. The van der Waals surface area contributed by atoms with Crippen LogP contribution in [-0.2, 0) is 4.79 Å². The van der Waals surface area contributed by atoms with Gasteiger partial charge in [-0.05, 0) is 49.8 Å². The lowest BCUT2D eigenvalue weighted by molar-refractivity contribution is -0.128. The van der Waals surface area contributed by atoms with Crippen molar-refractivity contribution in [3.8, 4) is 11.1 Å². The zero-order chi connectivity index (χ0) is 18.1.